The van der Waals surface area contributed by atoms with Crippen LogP contribution < -0.4 is 11.1 Å². The van der Waals surface area contributed by atoms with Crippen LogP contribution in [0.25, 0.3) is 33.2 Å². The van der Waals surface area contributed by atoms with E-state index in [-0.39, 0.29) is 24.2 Å². The maximum absolute atomic E-state index is 11.9. The number of nitrogens with zero attached hydrogens (tertiary/aromatic N) is 1. The minimum Gasteiger partial charge on any atom is -0.480 e. The number of carbonyl (C=O) groups excluding carboxylic acids is 1. The van der Waals surface area contributed by atoms with Crippen LogP contribution in [0.5, 0.6) is 0 Å². The quantitative estimate of drug-likeness (QED) is 0.128. The van der Waals surface area contributed by atoms with Crippen LogP contribution in [0.3, 0.4) is 0 Å². The molecule has 0 saturated carbocycles. The molecule has 1 atom stereocenters. The van der Waals surface area contributed by atoms with Crippen molar-refractivity contribution in [2.45, 2.75) is 25.3 Å². The number of fused-ring (bicyclic) bond motifs is 1. The molecular formula is C32H27N3O6. The molecule has 0 saturated heterocycles. The van der Waals surface area contributed by atoms with Crippen LogP contribution in [0.2, 0.25) is 0 Å². The highest BCUT2D eigenvalue weighted by Crippen LogP contribution is 2.38. The second kappa shape index (κ2) is 11.7. The summed E-state index contributed by atoms with van der Waals surface area (Å²) in [6, 6.07) is 29.0. The Morgan fingerprint density at radius 3 is 2.24 bits per heavy atom. The van der Waals surface area contributed by atoms with Crippen LogP contribution in [-0.2, 0) is 16.0 Å². The van der Waals surface area contributed by atoms with Gasteiger partial charge in [-0.05, 0) is 40.8 Å². The molecule has 5 rings (SSSR count). The number of nitro groups is 1. The summed E-state index contributed by atoms with van der Waals surface area (Å²) in [6.45, 7) is 0. The van der Waals surface area contributed by atoms with Crippen molar-refractivity contribution in [1.29, 1.82) is 0 Å². The molecule has 0 aliphatic heterocycles. The summed E-state index contributed by atoms with van der Waals surface area (Å²) < 4.78 is 6.26. The number of carbonyl (C=O) groups is 2. The van der Waals surface area contributed by atoms with Crippen molar-refractivity contribution in [3.05, 3.63) is 118 Å². The number of para-hydroxylation sites is 1. The first-order valence-electron chi connectivity index (χ1n) is 13.0. The molecule has 9 heteroatoms. The predicted octanol–water partition coefficient (Wildman–Crippen LogP) is 6.40. The topological polar surface area (TPSA) is 149 Å². The number of rotatable bonds is 11. The second-order valence-electron chi connectivity index (χ2n) is 9.67. The number of primary amides is 1. The Balaban J connectivity index is 1.46. The molecule has 1 heterocycles. The third-order valence-corrected chi connectivity index (χ3v) is 6.88. The third-order valence-electron chi connectivity index (χ3n) is 6.88. The Hall–Kier alpha value is -5.44. The molecule has 41 heavy (non-hydrogen) atoms. The first-order chi connectivity index (χ1) is 19.8. The Morgan fingerprint density at radius 2 is 1.56 bits per heavy atom. The highest BCUT2D eigenvalue weighted by atomic mass is 16.6. The Bertz CT molecular complexity index is 1730. The van der Waals surface area contributed by atoms with Gasteiger partial charge in [-0.25, -0.2) is 4.79 Å². The number of hydrogen-bond donors (Lipinski definition) is 3. The zero-order valence-corrected chi connectivity index (χ0v) is 21.9. The Kier molecular flexibility index (Phi) is 7.78. The molecule has 0 aliphatic carbocycles. The number of benzene rings is 4. The summed E-state index contributed by atoms with van der Waals surface area (Å²) in [5.74, 6) is -1.04. The fourth-order valence-electron chi connectivity index (χ4n) is 4.86. The lowest BCUT2D eigenvalue weighted by Gasteiger charge is -2.15. The van der Waals surface area contributed by atoms with Crippen molar-refractivity contribution >= 4 is 34.2 Å². The van der Waals surface area contributed by atoms with Crippen molar-refractivity contribution < 1.29 is 24.0 Å². The van der Waals surface area contributed by atoms with Gasteiger partial charge in [-0.1, -0.05) is 78.9 Å². The van der Waals surface area contributed by atoms with Gasteiger partial charge in [-0.2, -0.15) is 0 Å². The SMILES string of the molecule is NC(=O)CCC(Nc1ccc(-c2ccc(-c3c(Cc4ccccc4)oc4ccccc34)cc2)cc1[N+](=O)[O-])C(=O)O. The van der Waals surface area contributed by atoms with E-state index in [1.54, 1.807) is 6.07 Å². The molecule has 0 bridgehead atoms. The van der Waals surface area contributed by atoms with E-state index in [1.165, 1.54) is 12.1 Å². The van der Waals surface area contributed by atoms with E-state index in [2.05, 4.69) is 17.4 Å². The first kappa shape index (κ1) is 27.1. The number of furan rings is 1. The van der Waals surface area contributed by atoms with E-state index >= 15 is 0 Å². The second-order valence-corrected chi connectivity index (χ2v) is 9.67. The van der Waals surface area contributed by atoms with Gasteiger partial charge < -0.3 is 20.6 Å². The first-order valence-corrected chi connectivity index (χ1v) is 13.0. The summed E-state index contributed by atoms with van der Waals surface area (Å²) in [6.07, 6.45) is 0.366. The summed E-state index contributed by atoms with van der Waals surface area (Å²) in [7, 11) is 0. The van der Waals surface area contributed by atoms with Crippen LogP contribution in [0.4, 0.5) is 11.4 Å². The lowest BCUT2D eigenvalue weighted by atomic mass is 9.96. The van der Waals surface area contributed by atoms with Crippen molar-refractivity contribution in [3.8, 4) is 22.3 Å². The van der Waals surface area contributed by atoms with Crippen molar-refractivity contribution in [2.75, 3.05) is 5.32 Å². The molecule has 4 N–H and O–H groups in total. The smallest absolute Gasteiger partial charge is 0.326 e. The zero-order chi connectivity index (χ0) is 28.9. The molecule has 0 radical (unpaired) electrons. The fourth-order valence-corrected chi connectivity index (χ4v) is 4.86. The third kappa shape index (κ3) is 6.09. The predicted molar refractivity (Wildman–Crippen MR) is 156 cm³/mol. The molecular weight excluding hydrogens is 522 g/mol. The van der Waals surface area contributed by atoms with Gasteiger partial charge in [0.1, 0.15) is 23.1 Å². The van der Waals surface area contributed by atoms with E-state index in [0.29, 0.717) is 12.0 Å². The van der Waals surface area contributed by atoms with Crippen molar-refractivity contribution in [3.63, 3.8) is 0 Å². The van der Waals surface area contributed by atoms with Crippen LogP contribution >= 0.6 is 0 Å². The van der Waals surface area contributed by atoms with E-state index in [1.807, 2.05) is 66.7 Å². The van der Waals surface area contributed by atoms with Crippen LogP contribution in [0.15, 0.2) is 101 Å². The molecule has 4 aromatic carbocycles. The fraction of sp³-hybridized carbons (Fsp3) is 0.125. The molecule has 206 valence electrons. The molecule has 0 aliphatic rings. The van der Waals surface area contributed by atoms with Crippen LogP contribution in [0, 0.1) is 10.1 Å². The van der Waals surface area contributed by atoms with Crippen molar-refractivity contribution in [2.24, 2.45) is 5.73 Å². The maximum Gasteiger partial charge on any atom is 0.326 e. The summed E-state index contributed by atoms with van der Waals surface area (Å²) in [5, 5.41) is 25.0. The average molecular weight is 550 g/mol. The Labute approximate surface area is 235 Å². The number of amides is 1. The molecule has 9 nitrogen and oxygen atoms in total. The van der Waals surface area contributed by atoms with E-state index in [0.717, 1.165) is 39.0 Å². The van der Waals surface area contributed by atoms with Gasteiger partial charge >= 0.3 is 5.97 Å². The number of nitrogens with two attached hydrogens (primary N) is 1. The van der Waals surface area contributed by atoms with Gasteiger partial charge in [-0.15, -0.1) is 0 Å². The van der Waals surface area contributed by atoms with E-state index in [9.17, 15) is 24.8 Å². The minimum absolute atomic E-state index is 0.0441. The number of carboxylic acids is 1. The zero-order valence-electron chi connectivity index (χ0n) is 21.9. The van der Waals surface area contributed by atoms with Gasteiger partial charge in [0.2, 0.25) is 5.91 Å². The van der Waals surface area contributed by atoms with Gasteiger partial charge in [0.15, 0.2) is 0 Å². The molecule has 0 spiro atoms. The highest BCUT2D eigenvalue weighted by Gasteiger charge is 2.23. The van der Waals surface area contributed by atoms with Gasteiger partial charge in [-0.3, -0.25) is 14.9 Å². The molecule has 1 unspecified atom stereocenters. The molecule has 0 fully saturated rings. The van der Waals surface area contributed by atoms with Gasteiger partial charge in [0.25, 0.3) is 5.69 Å². The van der Waals surface area contributed by atoms with Gasteiger partial charge in [0, 0.05) is 29.9 Å². The number of nitrogens with one attached hydrogen (secondary N) is 1. The van der Waals surface area contributed by atoms with Crippen molar-refractivity contribution in [1.82, 2.24) is 0 Å². The summed E-state index contributed by atoms with van der Waals surface area (Å²) >= 11 is 0. The standard InChI is InChI=1S/C32H27N3O6/c33-30(36)17-16-26(32(37)38)34-25-15-14-23(19-27(25)35(39)40)21-10-12-22(13-11-21)31-24-8-4-5-9-28(24)41-29(31)18-20-6-2-1-3-7-20/h1-15,19,26,34H,16-18H2,(H2,33,36)(H,37,38). The molecule has 1 amide bonds. The Morgan fingerprint density at radius 1 is 0.902 bits per heavy atom. The lowest BCUT2D eigenvalue weighted by Crippen LogP contribution is -2.31. The molecule has 1 aromatic heterocycles. The minimum atomic E-state index is -1.24. The summed E-state index contributed by atoms with van der Waals surface area (Å²) in [5.41, 5.74) is 10.1. The lowest BCUT2D eigenvalue weighted by molar-refractivity contribution is -0.383. The number of hydrogen-bond acceptors (Lipinski definition) is 6. The highest BCUT2D eigenvalue weighted by molar-refractivity contribution is 5.96. The maximum atomic E-state index is 11.9. The van der Waals surface area contributed by atoms with E-state index < -0.39 is 22.8 Å². The number of anilines is 1. The van der Waals surface area contributed by atoms with Gasteiger partial charge in [0.05, 0.1) is 4.92 Å². The monoisotopic (exact) mass is 549 g/mol. The average Bonchev–Trinajstić information content (AvgIpc) is 3.33. The largest absolute Gasteiger partial charge is 0.480 e. The number of carboxylic acid groups (broad SMARTS) is 1. The number of aliphatic carboxylic acids is 1. The number of nitro benzene ring substituents is 1. The molecule has 5 aromatic rings. The van der Waals surface area contributed by atoms with Crippen LogP contribution in [0.1, 0.15) is 24.2 Å². The summed E-state index contributed by atoms with van der Waals surface area (Å²) in [4.78, 5) is 34.0. The normalized spacial score (nSPS) is 11.7. The van der Waals surface area contributed by atoms with Crippen LogP contribution in [-0.4, -0.2) is 27.9 Å². The van der Waals surface area contributed by atoms with E-state index in [4.69, 9.17) is 10.2 Å².